The van der Waals surface area contributed by atoms with Gasteiger partial charge in [-0.05, 0) is 18.1 Å². The van der Waals surface area contributed by atoms with Crippen molar-refractivity contribution in [2.45, 2.75) is 51.7 Å². The van der Waals surface area contributed by atoms with Gasteiger partial charge in [0.05, 0.1) is 0 Å². The lowest BCUT2D eigenvalue weighted by Gasteiger charge is -2.27. The Morgan fingerprint density at radius 3 is 1.64 bits per heavy atom. The van der Waals surface area contributed by atoms with Gasteiger partial charge in [-0.2, -0.15) is 0 Å². The molecule has 0 rings (SSSR count). The van der Waals surface area contributed by atoms with E-state index in [1.165, 1.54) is 31.0 Å². The Morgan fingerprint density at radius 1 is 1.00 bits per heavy atom. The lowest BCUT2D eigenvalue weighted by molar-refractivity contribution is 0.388. The molecule has 0 saturated heterocycles. The predicted molar refractivity (Wildman–Crippen MR) is 53.4 cm³/mol. The van der Waals surface area contributed by atoms with Crippen LogP contribution in [-0.2, 0) is 4.43 Å². The molecule has 0 unspecified atom stereocenters. The fourth-order valence-electron chi connectivity index (χ4n) is 1.74. The highest BCUT2D eigenvalue weighted by Crippen LogP contribution is 2.24. The van der Waals surface area contributed by atoms with E-state index >= 15 is 0 Å². The van der Waals surface area contributed by atoms with Crippen LogP contribution in [-0.4, -0.2) is 15.4 Å². The normalized spacial score (nSPS) is 12.0. The zero-order chi connectivity index (χ0) is 8.74. The Hall–Kier alpha value is 0.177. The summed E-state index contributed by atoms with van der Waals surface area (Å²) in [4.78, 5) is 0. The summed E-state index contributed by atoms with van der Waals surface area (Å²) >= 11 is 0. The van der Waals surface area contributed by atoms with Crippen LogP contribution >= 0.6 is 0 Å². The van der Waals surface area contributed by atoms with E-state index in [4.69, 9.17) is 4.43 Å². The molecule has 0 heterocycles. The lowest BCUT2D eigenvalue weighted by atomic mass is 10.6. The van der Waals surface area contributed by atoms with E-state index in [1.54, 1.807) is 0 Å². The van der Waals surface area contributed by atoms with Gasteiger partial charge in [-0.3, -0.25) is 0 Å². The Balaban J connectivity index is 3.96. The molecule has 0 N–H and O–H groups in total. The Bertz CT molecular complexity index is 81.6. The van der Waals surface area contributed by atoms with E-state index < -0.39 is 8.32 Å². The van der Waals surface area contributed by atoms with Crippen LogP contribution < -0.4 is 0 Å². The lowest BCUT2D eigenvalue weighted by Crippen LogP contribution is -2.35. The summed E-state index contributed by atoms with van der Waals surface area (Å²) in [6.07, 6.45) is 2.57. The van der Waals surface area contributed by atoms with Gasteiger partial charge in [-0.15, -0.1) is 0 Å². The Labute approximate surface area is 72.3 Å². The van der Waals surface area contributed by atoms with Crippen molar-refractivity contribution < 1.29 is 4.43 Å². The maximum Gasteiger partial charge on any atom is 0.191 e. The van der Waals surface area contributed by atoms with Crippen LogP contribution in [0.25, 0.3) is 0 Å². The first-order chi connectivity index (χ1) is 5.24. The van der Waals surface area contributed by atoms with Gasteiger partial charge in [0.2, 0.25) is 0 Å². The third-order valence-corrected chi connectivity index (χ3v) is 7.47. The van der Waals surface area contributed by atoms with Crippen LogP contribution in [0.5, 0.6) is 0 Å². The van der Waals surface area contributed by atoms with Crippen LogP contribution in [0.4, 0.5) is 0 Å². The van der Waals surface area contributed by atoms with Crippen molar-refractivity contribution >= 4 is 8.32 Å². The van der Waals surface area contributed by atoms with Gasteiger partial charge < -0.3 is 4.43 Å². The summed E-state index contributed by atoms with van der Waals surface area (Å²) in [7, 11) is 0.660. The first kappa shape index (κ1) is 11.2. The third-order valence-electron chi connectivity index (χ3n) is 2.49. The van der Waals surface area contributed by atoms with Gasteiger partial charge in [0, 0.05) is 7.11 Å². The molecule has 0 radical (unpaired) electrons. The molecule has 1 nitrogen and oxygen atoms in total. The molecule has 0 aliphatic rings. The molecule has 0 fully saturated rings. The van der Waals surface area contributed by atoms with Crippen LogP contribution in [0.3, 0.4) is 0 Å². The molecule has 0 amide bonds. The summed E-state index contributed by atoms with van der Waals surface area (Å²) in [5, 5.41) is 0. The van der Waals surface area contributed by atoms with Gasteiger partial charge >= 0.3 is 0 Å². The third kappa shape index (κ3) is 3.39. The van der Waals surface area contributed by atoms with E-state index in [9.17, 15) is 0 Å². The number of rotatable bonds is 6. The molecular weight excluding hydrogens is 152 g/mol. The van der Waals surface area contributed by atoms with Crippen LogP contribution in [0, 0.1) is 0 Å². The predicted octanol–water partition coefficient (Wildman–Crippen LogP) is 3.42. The maximum atomic E-state index is 5.71. The van der Waals surface area contributed by atoms with Gasteiger partial charge in [0.15, 0.2) is 8.32 Å². The zero-order valence-corrected chi connectivity index (χ0v) is 9.44. The second-order valence-electron chi connectivity index (χ2n) is 3.24. The highest BCUT2D eigenvalue weighted by Gasteiger charge is 2.28. The van der Waals surface area contributed by atoms with Crippen molar-refractivity contribution in [3.05, 3.63) is 0 Å². The molecule has 0 saturated carbocycles. The van der Waals surface area contributed by atoms with E-state index in [0.29, 0.717) is 0 Å². The average Bonchev–Trinajstić information content (AvgIpc) is 2.04. The molecule has 0 aromatic rings. The number of hydrogen-bond acceptors (Lipinski definition) is 1. The van der Waals surface area contributed by atoms with Gasteiger partial charge in [0.25, 0.3) is 0 Å². The Morgan fingerprint density at radius 2 is 1.45 bits per heavy atom. The largest absolute Gasteiger partial charge is 0.420 e. The second-order valence-corrected chi connectivity index (χ2v) is 7.72. The van der Waals surface area contributed by atoms with Crippen molar-refractivity contribution in [3.8, 4) is 0 Å². The molecule has 68 valence electrons. The van der Waals surface area contributed by atoms with Crippen LogP contribution in [0.2, 0.25) is 18.1 Å². The molecule has 11 heavy (non-hydrogen) atoms. The number of hydrogen-bond donors (Lipinski definition) is 0. The van der Waals surface area contributed by atoms with Crippen LogP contribution in [0.1, 0.15) is 33.6 Å². The summed E-state index contributed by atoms with van der Waals surface area (Å²) in [6, 6.07) is 3.97. The van der Waals surface area contributed by atoms with Gasteiger partial charge in [-0.1, -0.05) is 33.6 Å². The smallest absolute Gasteiger partial charge is 0.191 e. The van der Waals surface area contributed by atoms with Crippen LogP contribution in [0.15, 0.2) is 0 Å². The van der Waals surface area contributed by atoms with Crippen molar-refractivity contribution in [1.29, 1.82) is 0 Å². The molecule has 0 aromatic heterocycles. The maximum absolute atomic E-state index is 5.71. The summed E-state index contributed by atoms with van der Waals surface area (Å²) in [6.45, 7) is 6.79. The molecule has 0 spiro atoms. The monoisotopic (exact) mass is 174 g/mol. The summed E-state index contributed by atoms with van der Waals surface area (Å²) in [5.74, 6) is 0. The topological polar surface area (TPSA) is 9.23 Å². The first-order valence-corrected chi connectivity index (χ1v) is 7.32. The highest BCUT2D eigenvalue weighted by molar-refractivity contribution is 6.73. The van der Waals surface area contributed by atoms with Gasteiger partial charge in [0.1, 0.15) is 0 Å². The van der Waals surface area contributed by atoms with E-state index in [2.05, 4.69) is 20.8 Å². The fourth-order valence-corrected chi connectivity index (χ4v) is 5.21. The minimum atomic E-state index is -1.24. The standard InChI is InChI=1S/C9H22OSi/c1-5-8-11(7-3,10-4)9-6-2/h5-9H2,1-4H3. The molecule has 2 heteroatoms. The summed E-state index contributed by atoms with van der Waals surface area (Å²) < 4.78 is 5.71. The SMILES string of the molecule is CCC[Si](CC)(CCC)OC. The zero-order valence-electron chi connectivity index (χ0n) is 8.44. The summed E-state index contributed by atoms with van der Waals surface area (Å²) in [5.41, 5.74) is 0. The van der Waals surface area contributed by atoms with Crippen molar-refractivity contribution in [1.82, 2.24) is 0 Å². The quantitative estimate of drug-likeness (QED) is 0.561. The Kier molecular flexibility index (Phi) is 5.87. The van der Waals surface area contributed by atoms with Gasteiger partial charge in [-0.25, -0.2) is 0 Å². The van der Waals surface area contributed by atoms with Crippen molar-refractivity contribution in [2.24, 2.45) is 0 Å². The molecule has 0 bridgehead atoms. The second kappa shape index (κ2) is 5.78. The minimum absolute atomic E-state index is 1.24. The molecule has 0 aliphatic carbocycles. The molecule has 0 aromatic carbocycles. The fraction of sp³-hybridized carbons (Fsp3) is 1.00. The minimum Gasteiger partial charge on any atom is -0.420 e. The molecule has 0 aliphatic heterocycles. The van der Waals surface area contributed by atoms with E-state index in [1.807, 2.05) is 7.11 Å². The average molecular weight is 174 g/mol. The molecular formula is C9H22OSi. The van der Waals surface area contributed by atoms with Crippen molar-refractivity contribution in [3.63, 3.8) is 0 Å². The van der Waals surface area contributed by atoms with Crippen molar-refractivity contribution in [2.75, 3.05) is 7.11 Å². The molecule has 0 atom stereocenters. The van der Waals surface area contributed by atoms with E-state index in [0.717, 1.165) is 0 Å². The van der Waals surface area contributed by atoms with E-state index in [-0.39, 0.29) is 0 Å². The highest BCUT2D eigenvalue weighted by atomic mass is 28.4. The first-order valence-electron chi connectivity index (χ1n) is 4.79.